The SMILES string of the molecule is CC(C)Oc1cc2c(cc1NC(=O)c1cnn3cccnc13)CN(C1CCOC1)C2=O. The van der Waals surface area contributed by atoms with Gasteiger partial charge >= 0.3 is 0 Å². The second-order valence-electron chi connectivity index (χ2n) is 8.02. The van der Waals surface area contributed by atoms with Crippen LogP contribution < -0.4 is 10.1 Å². The van der Waals surface area contributed by atoms with E-state index in [4.69, 9.17) is 9.47 Å². The van der Waals surface area contributed by atoms with Crippen molar-refractivity contribution >= 4 is 23.1 Å². The Labute approximate surface area is 179 Å². The molecule has 0 radical (unpaired) electrons. The molecule has 1 fully saturated rings. The van der Waals surface area contributed by atoms with Crippen molar-refractivity contribution in [2.75, 3.05) is 18.5 Å². The minimum Gasteiger partial charge on any atom is -0.489 e. The van der Waals surface area contributed by atoms with Gasteiger partial charge < -0.3 is 19.7 Å². The lowest BCUT2D eigenvalue weighted by atomic mass is 10.1. The first-order valence-electron chi connectivity index (χ1n) is 10.3. The van der Waals surface area contributed by atoms with Gasteiger partial charge in [-0.15, -0.1) is 0 Å². The molecule has 0 aliphatic carbocycles. The van der Waals surface area contributed by atoms with E-state index in [9.17, 15) is 9.59 Å². The zero-order valence-electron chi connectivity index (χ0n) is 17.4. The Hall–Kier alpha value is -3.46. The summed E-state index contributed by atoms with van der Waals surface area (Å²) < 4.78 is 12.9. The summed E-state index contributed by atoms with van der Waals surface area (Å²) in [6, 6.07) is 5.39. The van der Waals surface area contributed by atoms with Crippen LogP contribution in [0.4, 0.5) is 5.69 Å². The van der Waals surface area contributed by atoms with Crippen LogP contribution in [0.25, 0.3) is 5.65 Å². The first kappa shape index (κ1) is 19.5. The number of fused-ring (bicyclic) bond motifs is 2. The van der Waals surface area contributed by atoms with E-state index in [1.54, 1.807) is 29.0 Å². The number of benzene rings is 1. The number of nitrogens with zero attached hydrogens (tertiary/aromatic N) is 4. The summed E-state index contributed by atoms with van der Waals surface area (Å²) in [4.78, 5) is 32.1. The van der Waals surface area contributed by atoms with Gasteiger partial charge in [-0.1, -0.05) is 0 Å². The minimum absolute atomic E-state index is 0.0242. The number of aromatic nitrogens is 3. The third-order valence-electron chi connectivity index (χ3n) is 5.52. The molecule has 1 unspecified atom stereocenters. The number of rotatable bonds is 5. The van der Waals surface area contributed by atoms with E-state index in [0.717, 1.165) is 12.0 Å². The number of nitrogens with one attached hydrogen (secondary N) is 1. The number of carbonyl (C=O) groups excluding carboxylic acids is 2. The van der Waals surface area contributed by atoms with Gasteiger partial charge in [0.15, 0.2) is 5.65 Å². The van der Waals surface area contributed by atoms with E-state index in [1.807, 2.05) is 24.8 Å². The highest BCUT2D eigenvalue weighted by Crippen LogP contribution is 2.36. The van der Waals surface area contributed by atoms with Crippen LogP contribution in [0.1, 0.15) is 46.5 Å². The molecule has 4 heterocycles. The Morgan fingerprint density at radius 1 is 1.35 bits per heavy atom. The lowest BCUT2D eigenvalue weighted by Gasteiger charge is -2.21. The van der Waals surface area contributed by atoms with Crippen LogP contribution in [0.5, 0.6) is 5.75 Å². The number of amides is 2. The Morgan fingerprint density at radius 3 is 3.00 bits per heavy atom. The highest BCUT2D eigenvalue weighted by atomic mass is 16.5. The molecule has 2 amide bonds. The molecular weight excluding hydrogens is 398 g/mol. The van der Waals surface area contributed by atoms with Crippen molar-refractivity contribution in [2.24, 2.45) is 0 Å². The number of ether oxygens (including phenoxy) is 2. The highest BCUT2D eigenvalue weighted by Gasteiger charge is 2.35. The number of anilines is 1. The standard InChI is InChI=1S/C22H23N5O4/c1-13(2)31-19-9-16-14(11-26(22(16)29)15-4-7-30-12-15)8-18(19)25-21(28)17-10-24-27-6-3-5-23-20(17)27/h3,5-6,8-10,13,15H,4,7,11-12H2,1-2H3,(H,25,28). The molecule has 2 aliphatic rings. The molecule has 2 aromatic heterocycles. The van der Waals surface area contributed by atoms with Crippen molar-refractivity contribution in [3.63, 3.8) is 0 Å². The Balaban J connectivity index is 1.47. The molecule has 0 saturated carbocycles. The van der Waals surface area contributed by atoms with Crippen LogP contribution in [0.2, 0.25) is 0 Å². The normalized spacial score (nSPS) is 18.1. The fourth-order valence-corrected chi connectivity index (χ4v) is 4.05. The van der Waals surface area contributed by atoms with Crippen molar-refractivity contribution in [3.05, 3.63) is 53.5 Å². The lowest BCUT2D eigenvalue weighted by molar-refractivity contribution is 0.0678. The van der Waals surface area contributed by atoms with Gasteiger partial charge in [-0.25, -0.2) is 9.50 Å². The van der Waals surface area contributed by atoms with Gasteiger partial charge in [-0.05, 0) is 44.0 Å². The molecule has 1 N–H and O–H groups in total. The van der Waals surface area contributed by atoms with Gasteiger partial charge in [0.1, 0.15) is 11.3 Å². The van der Waals surface area contributed by atoms with Crippen molar-refractivity contribution in [3.8, 4) is 5.75 Å². The van der Waals surface area contributed by atoms with Crippen molar-refractivity contribution in [1.29, 1.82) is 0 Å². The predicted molar refractivity (Wildman–Crippen MR) is 112 cm³/mol. The molecule has 0 bridgehead atoms. The lowest BCUT2D eigenvalue weighted by Crippen LogP contribution is -2.35. The zero-order chi connectivity index (χ0) is 21.5. The summed E-state index contributed by atoms with van der Waals surface area (Å²) in [5.41, 5.74) is 2.82. The van der Waals surface area contributed by atoms with Crippen molar-refractivity contribution < 1.29 is 19.1 Å². The molecule has 0 spiro atoms. The second kappa shape index (κ2) is 7.66. The third kappa shape index (κ3) is 3.50. The Bertz CT molecular complexity index is 1170. The van der Waals surface area contributed by atoms with Gasteiger partial charge in [0, 0.05) is 31.1 Å². The summed E-state index contributed by atoms with van der Waals surface area (Å²) >= 11 is 0. The largest absolute Gasteiger partial charge is 0.489 e. The fourth-order valence-electron chi connectivity index (χ4n) is 4.05. The zero-order valence-corrected chi connectivity index (χ0v) is 17.4. The van der Waals surface area contributed by atoms with E-state index in [0.29, 0.717) is 48.0 Å². The molecule has 1 aromatic carbocycles. The monoisotopic (exact) mass is 421 g/mol. The molecular formula is C22H23N5O4. The summed E-state index contributed by atoms with van der Waals surface area (Å²) in [5.74, 6) is 0.0980. The molecule has 9 nitrogen and oxygen atoms in total. The average Bonchev–Trinajstić information content (AvgIpc) is 3.47. The first-order valence-corrected chi connectivity index (χ1v) is 10.3. The van der Waals surface area contributed by atoms with Crippen LogP contribution in [0.3, 0.4) is 0 Å². The maximum Gasteiger partial charge on any atom is 0.261 e. The average molecular weight is 421 g/mol. The van der Waals surface area contributed by atoms with Crippen LogP contribution in [-0.2, 0) is 11.3 Å². The minimum atomic E-state index is -0.340. The second-order valence-corrected chi connectivity index (χ2v) is 8.02. The van der Waals surface area contributed by atoms with E-state index >= 15 is 0 Å². The quantitative estimate of drug-likeness (QED) is 0.680. The highest BCUT2D eigenvalue weighted by molar-refractivity contribution is 6.09. The summed E-state index contributed by atoms with van der Waals surface area (Å²) in [6.07, 6.45) is 5.54. The van der Waals surface area contributed by atoms with E-state index in [1.165, 1.54) is 6.20 Å². The molecule has 31 heavy (non-hydrogen) atoms. The summed E-state index contributed by atoms with van der Waals surface area (Å²) in [7, 11) is 0. The Kier molecular flexibility index (Phi) is 4.82. The van der Waals surface area contributed by atoms with Crippen LogP contribution in [-0.4, -0.2) is 56.7 Å². The van der Waals surface area contributed by atoms with Crippen LogP contribution in [0, 0.1) is 0 Å². The van der Waals surface area contributed by atoms with E-state index in [2.05, 4.69) is 15.4 Å². The molecule has 9 heteroatoms. The number of hydrogen-bond acceptors (Lipinski definition) is 6. The van der Waals surface area contributed by atoms with Crippen molar-refractivity contribution in [2.45, 2.75) is 39.0 Å². The van der Waals surface area contributed by atoms with Gasteiger partial charge in [0.25, 0.3) is 11.8 Å². The first-order chi connectivity index (χ1) is 15.0. The third-order valence-corrected chi connectivity index (χ3v) is 5.52. The molecule has 3 aromatic rings. The molecule has 160 valence electrons. The van der Waals surface area contributed by atoms with E-state index in [-0.39, 0.29) is 24.0 Å². The number of hydrogen-bond donors (Lipinski definition) is 1. The number of carbonyl (C=O) groups is 2. The van der Waals surface area contributed by atoms with Gasteiger partial charge in [-0.2, -0.15) is 5.10 Å². The van der Waals surface area contributed by atoms with Gasteiger partial charge in [0.2, 0.25) is 0 Å². The molecule has 1 saturated heterocycles. The van der Waals surface area contributed by atoms with Crippen LogP contribution >= 0.6 is 0 Å². The fraction of sp³-hybridized carbons (Fsp3) is 0.364. The molecule has 1 atom stereocenters. The molecule has 2 aliphatic heterocycles. The van der Waals surface area contributed by atoms with Crippen LogP contribution in [0.15, 0.2) is 36.8 Å². The summed E-state index contributed by atoms with van der Waals surface area (Å²) in [5, 5.41) is 7.10. The van der Waals surface area contributed by atoms with Crippen molar-refractivity contribution in [1.82, 2.24) is 19.5 Å². The summed E-state index contributed by atoms with van der Waals surface area (Å²) in [6.45, 7) is 5.52. The smallest absolute Gasteiger partial charge is 0.261 e. The Morgan fingerprint density at radius 2 is 2.23 bits per heavy atom. The van der Waals surface area contributed by atoms with E-state index < -0.39 is 0 Å². The van der Waals surface area contributed by atoms with Gasteiger partial charge in [0.05, 0.1) is 30.6 Å². The topological polar surface area (TPSA) is 98.1 Å². The maximum absolute atomic E-state index is 13.0. The molecule has 5 rings (SSSR count). The predicted octanol–water partition coefficient (Wildman–Crippen LogP) is 2.51. The van der Waals surface area contributed by atoms with Gasteiger partial charge in [-0.3, -0.25) is 9.59 Å². The maximum atomic E-state index is 13.0.